The van der Waals surface area contributed by atoms with E-state index in [4.69, 9.17) is 15.2 Å². The van der Waals surface area contributed by atoms with Gasteiger partial charge in [-0.15, -0.1) is 0 Å². The number of fused-ring (bicyclic) bond motifs is 3. The molecule has 0 spiro atoms. The number of amides is 1. The summed E-state index contributed by atoms with van der Waals surface area (Å²) in [5, 5.41) is 3.17. The summed E-state index contributed by atoms with van der Waals surface area (Å²) in [6.07, 6.45) is 1.43. The maximum Gasteiger partial charge on any atom is 0.220 e. The van der Waals surface area contributed by atoms with Gasteiger partial charge in [0.1, 0.15) is 0 Å². The van der Waals surface area contributed by atoms with Crippen molar-refractivity contribution in [1.29, 1.82) is 0 Å². The van der Waals surface area contributed by atoms with E-state index in [0.717, 1.165) is 17.7 Å². The van der Waals surface area contributed by atoms with Crippen LogP contribution in [-0.4, -0.2) is 20.1 Å². The van der Waals surface area contributed by atoms with Crippen LogP contribution in [0, 0.1) is 5.92 Å². The number of hydrogen-bond acceptors (Lipinski definition) is 4. The third-order valence-corrected chi connectivity index (χ3v) is 5.43. The molecule has 2 aromatic rings. The molecule has 5 nitrogen and oxygen atoms in total. The van der Waals surface area contributed by atoms with Crippen molar-refractivity contribution in [1.82, 2.24) is 5.32 Å². The molecule has 2 aliphatic rings. The molecule has 1 fully saturated rings. The number of nitrogens with two attached hydrogens (primary N) is 1. The van der Waals surface area contributed by atoms with Crippen LogP contribution in [0.25, 0.3) is 0 Å². The Balaban J connectivity index is 1.87. The van der Waals surface area contributed by atoms with Crippen LogP contribution in [0.2, 0.25) is 0 Å². The Morgan fingerprint density at radius 1 is 1.04 bits per heavy atom. The Morgan fingerprint density at radius 2 is 1.68 bits per heavy atom. The van der Waals surface area contributed by atoms with Gasteiger partial charge in [0.05, 0.1) is 20.3 Å². The Bertz CT molecular complexity index is 816. The number of nitrogens with one attached hydrogen (secondary N) is 1. The minimum absolute atomic E-state index is 0.0126. The predicted molar refractivity (Wildman–Crippen MR) is 95.9 cm³/mol. The van der Waals surface area contributed by atoms with Gasteiger partial charge in [0.15, 0.2) is 11.5 Å². The van der Waals surface area contributed by atoms with Crippen molar-refractivity contribution in [2.75, 3.05) is 20.0 Å². The molecule has 3 N–H and O–H groups in total. The molecule has 2 aromatic carbocycles. The van der Waals surface area contributed by atoms with E-state index in [1.54, 1.807) is 14.2 Å². The highest BCUT2D eigenvalue weighted by Gasteiger charge is 2.45. The van der Waals surface area contributed by atoms with Crippen molar-refractivity contribution in [3.63, 3.8) is 0 Å². The summed E-state index contributed by atoms with van der Waals surface area (Å²) in [7, 11) is 3.28. The van der Waals surface area contributed by atoms with Crippen molar-refractivity contribution in [2.24, 2.45) is 5.92 Å². The van der Waals surface area contributed by atoms with E-state index in [9.17, 15) is 4.79 Å². The van der Waals surface area contributed by atoms with Crippen LogP contribution in [0.3, 0.4) is 0 Å². The maximum atomic E-state index is 12.0. The van der Waals surface area contributed by atoms with Crippen LogP contribution in [0.15, 0.2) is 36.4 Å². The second-order valence-electron chi connectivity index (χ2n) is 6.73. The summed E-state index contributed by atoms with van der Waals surface area (Å²) >= 11 is 0. The molecule has 4 rings (SSSR count). The van der Waals surface area contributed by atoms with Gasteiger partial charge in [-0.05, 0) is 53.3 Å². The molecule has 1 aliphatic carbocycles. The molecule has 1 amide bonds. The first-order valence-electron chi connectivity index (χ1n) is 8.53. The average Bonchev–Trinajstić information content (AvgIpc) is 2.94. The molecule has 1 aliphatic heterocycles. The molecule has 0 saturated carbocycles. The van der Waals surface area contributed by atoms with E-state index in [0.29, 0.717) is 23.8 Å². The van der Waals surface area contributed by atoms with Crippen molar-refractivity contribution in [2.45, 2.75) is 24.8 Å². The minimum atomic E-state index is 0.0126. The Morgan fingerprint density at radius 3 is 2.32 bits per heavy atom. The first kappa shape index (κ1) is 15.8. The molecule has 3 atom stereocenters. The number of rotatable bonds is 3. The van der Waals surface area contributed by atoms with Crippen LogP contribution in [-0.2, 0) is 4.79 Å². The van der Waals surface area contributed by atoms with E-state index in [-0.39, 0.29) is 17.9 Å². The molecule has 25 heavy (non-hydrogen) atoms. The molecule has 1 saturated heterocycles. The van der Waals surface area contributed by atoms with Gasteiger partial charge in [-0.3, -0.25) is 4.79 Å². The summed E-state index contributed by atoms with van der Waals surface area (Å²) in [6, 6.07) is 12.1. The van der Waals surface area contributed by atoms with Gasteiger partial charge >= 0.3 is 0 Å². The van der Waals surface area contributed by atoms with Crippen LogP contribution >= 0.6 is 0 Å². The Kier molecular flexibility index (Phi) is 3.79. The lowest BCUT2D eigenvalue weighted by molar-refractivity contribution is -0.124. The molecular formula is C20H22N2O3. The van der Waals surface area contributed by atoms with E-state index in [1.165, 1.54) is 11.1 Å². The number of carbonyl (C=O) groups is 1. The third kappa shape index (κ3) is 2.51. The zero-order chi connectivity index (χ0) is 17.6. The van der Waals surface area contributed by atoms with Gasteiger partial charge in [0.25, 0.3) is 0 Å². The number of nitrogen functional groups attached to an aromatic ring is 1. The fourth-order valence-electron chi connectivity index (χ4n) is 4.29. The number of benzene rings is 2. The van der Waals surface area contributed by atoms with Crippen molar-refractivity contribution < 1.29 is 14.3 Å². The maximum absolute atomic E-state index is 12.0. The lowest BCUT2D eigenvalue weighted by Gasteiger charge is -2.30. The van der Waals surface area contributed by atoms with Crippen LogP contribution in [0.1, 0.15) is 41.5 Å². The number of methoxy groups -OCH3 is 2. The minimum Gasteiger partial charge on any atom is -0.493 e. The van der Waals surface area contributed by atoms with Crippen molar-refractivity contribution in [3.05, 3.63) is 53.1 Å². The number of carbonyl (C=O) groups excluding carboxylic acids is 1. The normalized spacial score (nSPS) is 24.2. The second-order valence-corrected chi connectivity index (χ2v) is 6.73. The number of piperidine rings is 1. The van der Waals surface area contributed by atoms with Gasteiger partial charge in [-0.25, -0.2) is 0 Å². The second kappa shape index (κ2) is 5.99. The Hall–Kier alpha value is -2.69. The van der Waals surface area contributed by atoms with E-state index in [2.05, 4.69) is 23.5 Å². The summed E-state index contributed by atoms with van der Waals surface area (Å²) in [4.78, 5) is 12.0. The summed E-state index contributed by atoms with van der Waals surface area (Å²) in [5.74, 6) is 2.05. The highest BCUT2D eigenvalue weighted by molar-refractivity contribution is 5.78. The standard InChI is InChI=1S/C20H22N2O3/c1-24-16-9-14-15(10-17(16)25-2)20-13(7-8-18(23)22-20)19(14)11-3-5-12(21)6-4-11/h3-6,9-10,13,19-20H,7-8,21H2,1-2H3,(H,22,23)/t13-,19+,20-/m0/s1. The van der Waals surface area contributed by atoms with Crippen molar-refractivity contribution >= 4 is 11.6 Å². The average molecular weight is 338 g/mol. The molecular weight excluding hydrogens is 316 g/mol. The van der Waals surface area contributed by atoms with Crippen LogP contribution in [0.5, 0.6) is 11.5 Å². The number of hydrogen-bond donors (Lipinski definition) is 2. The zero-order valence-electron chi connectivity index (χ0n) is 14.4. The van der Waals surface area contributed by atoms with Crippen LogP contribution < -0.4 is 20.5 Å². The molecule has 0 bridgehead atoms. The number of ether oxygens (including phenoxy) is 2. The van der Waals surface area contributed by atoms with E-state index >= 15 is 0 Å². The predicted octanol–water partition coefficient (Wildman–Crippen LogP) is 3.00. The van der Waals surface area contributed by atoms with Gasteiger partial charge < -0.3 is 20.5 Å². The zero-order valence-corrected chi connectivity index (χ0v) is 14.4. The third-order valence-electron chi connectivity index (χ3n) is 5.43. The first-order chi connectivity index (χ1) is 12.1. The van der Waals surface area contributed by atoms with Gasteiger partial charge in [-0.1, -0.05) is 12.1 Å². The fourth-order valence-corrected chi connectivity index (χ4v) is 4.29. The smallest absolute Gasteiger partial charge is 0.220 e. The monoisotopic (exact) mass is 338 g/mol. The van der Waals surface area contributed by atoms with Crippen molar-refractivity contribution in [3.8, 4) is 11.5 Å². The SMILES string of the molecule is COc1cc2c(cc1OC)[C@H]1NC(=O)CC[C@H]1[C@H]2c1ccc(N)cc1. The molecule has 0 unspecified atom stereocenters. The first-order valence-corrected chi connectivity index (χ1v) is 8.53. The summed E-state index contributed by atoms with van der Waals surface area (Å²) < 4.78 is 11.0. The summed E-state index contributed by atoms with van der Waals surface area (Å²) in [6.45, 7) is 0. The quantitative estimate of drug-likeness (QED) is 0.844. The Labute approximate surface area is 147 Å². The van der Waals surface area contributed by atoms with E-state index < -0.39 is 0 Å². The van der Waals surface area contributed by atoms with Gasteiger partial charge in [0, 0.05) is 18.0 Å². The highest BCUT2D eigenvalue weighted by atomic mass is 16.5. The van der Waals surface area contributed by atoms with E-state index in [1.807, 2.05) is 18.2 Å². The largest absolute Gasteiger partial charge is 0.493 e. The number of anilines is 1. The van der Waals surface area contributed by atoms with Crippen LogP contribution in [0.4, 0.5) is 5.69 Å². The molecule has 1 heterocycles. The molecule has 0 aromatic heterocycles. The van der Waals surface area contributed by atoms with Gasteiger partial charge in [-0.2, -0.15) is 0 Å². The van der Waals surface area contributed by atoms with Gasteiger partial charge in [0.2, 0.25) is 5.91 Å². The molecule has 5 heteroatoms. The fraction of sp³-hybridized carbons (Fsp3) is 0.350. The summed E-state index contributed by atoms with van der Waals surface area (Å²) in [5.41, 5.74) is 10.1. The lowest BCUT2D eigenvalue weighted by Crippen LogP contribution is -2.37. The topological polar surface area (TPSA) is 73.6 Å². The highest BCUT2D eigenvalue weighted by Crippen LogP contribution is 2.54. The molecule has 0 radical (unpaired) electrons. The molecule has 130 valence electrons. The lowest BCUT2D eigenvalue weighted by atomic mass is 9.80.